The van der Waals surface area contributed by atoms with Gasteiger partial charge in [0.05, 0.1) is 38.9 Å². The zero-order chi connectivity index (χ0) is 26.9. The number of benzene rings is 3. The average Bonchev–Trinajstić information content (AvgIpc) is 3.46. The Bertz CT molecular complexity index is 1290. The second-order valence-corrected chi connectivity index (χ2v) is 14.8. The molecule has 5 nitrogen and oxygen atoms in total. The van der Waals surface area contributed by atoms with Crippen molar-refractivity contribution >= 4 is 8.32 Å². The highest BCUT2D eigenvalue weighted by molar-refractivity contribution is 6.73. The fourth-order valence-electron chi connectivity index (χ4n) is 6.26. The van der Waals surface area contributed by atoms with Gasteiger partial charge in [-0.1, -0.05) is 63.2 Å². The number of fused-ring (bicyclic) bond motifs is 3. The normalized spacial score (nSPS) is 21.7. The van der Waals surface area contributed by atoms with Gasteiger partial charge in [0, 0.05) is 17.7 Å². The minimum Gasteiger partial charge on any atom is -0.546 e. The second-order valence-electron chi connectivity index (χ2n) is 10.1. The summed E-state index contributed by atoms with van der Waals surface area (Å²) in [6.45, 7) is 6.81. The van der Waals surface area contributed by atoms with Crippen molar-refractivity contribution in [3.8, 4) is 23.0 Å². The van der Waals surface area contributed by atoms with E-state index in [0.717, 1.165) is 52.3 Å². The van der Waals surface area contributed by atoms with Crippen molar-refractivity contribution in [3.63, 3.8) is 0 Å². The number of rotatable bonds is 10. The minimum absolute atomic E-state index is 0.107. The lowest BCUT2D eigenvalue weighted by atomic mass is 9.73. The molecule has 0 radical (unpaired) electrons. The third-order valence-electron chi connectivity index (χ3n) is 8.57. The van der Waals surface area contributed by atoms with Gasteiger partial charge in [-0.25, -0.2) is 0 Å². The van der Waals surface area contributed by atoms with Gasteiger partial charge in [-0.15, -0.1) is 0 Å². The molecule has 0 amide bonds. The van der Waals surface area contributed by atoms with Crippen molar-refractivity contribution in [2.75, 3.05) is 21.3 Å². The Hall–Kier alpha value is -3.38. The smallest absolute Gasteiger partial charge is 0.250 e. The average molecular weight is 531 g/mol. The molecule has 3 aromatic rings. The first-order valence-electron chi connectivity index (χ1n) is 13.5. The van der Waals surface area contributed by atoms with Crippen molar-refractivity contribution in [2.45, 2.75) is 56.3 Å². The molecule has 3 aromatic carbocycles. The Morgan fingerprint density at radius 2 is 1.45 bits per heavy atom. The molecule has 0 N–H and O–H groups in total. The molecule has 1 aliphatic carbocycles. The summed E-state index contributed by atoms with van der Waals surface area (Å²) in [6, 6.07) is 26.0. The third-order valence-corrected chi connectivity index (χ3v) is 13.1. The molecule has 0 aromatic heterocycles. The van der Waals surface area contributed by atoms with Crippen LogP contribution in [0.3, 0.4) is 0 Å². The van der Waals surface area contributed by atoms with Crippen LogP contribution in [0.25, 0.3) is 0 Å². The van der Waals surface area contributed by atoms with Crippen LogP contribution in [0.2, 0.25) is 18.1 Å². The van der Waals surface area contributed by atoms with Crippen LogP contribution in [0.5, 0.6) is 23.0 Å². The first-order valence-corrected chi connectivity index (χ1v) is 16.1. The quantitative estimate of drug-likeness (QED) is 0.250. The van der Waals surface area contributed by atoms with Gasteiger partial charge in [-0.2, -0.15) is 0 Å². The molecule has 1 heterocycles. The summed E-state index contributed by atoms with van der Waals surface area (Å²) in [5.74, 6) is 3.82. The summed E-state index contributed by atoms with van der Waals surface area (Å²) in [4.78, 5) is 0. The van der Waals surface area contributed by atoms with E-state index < -0.39 is 13.9 Å². The molecular weight excluding hydrogens is 492 g/mol. The minimum atomic E-state index is -1.98. The predicted molar refractivity (Wildman–Crippen MR) is 153 cm³/mol. The van der Waals surface area contributed by atoms with Crippen molar-refractivity contribution in [2.24, 2.45) is 0 Å². The molecule has 38 heavy (non-hydrogen) atoms. The summed E-state index contributed by atoms with van der Waals surface area (Å²) >= 11 is 0. The van der Waals surface area contributed by atoms with Gasteiger partial charge in [-0.05, 0) is 47.5 Å². The van der Waals surface area contributed by atoms with Crippen LogP contribution in [0, 0.1) is 0 Å². The van der Waals surface area contributed by atoms with E-state index in [9.17, 15) is 0 Å². The van der Waals surface area contributed by atoms with Gasteiger partial charge in [0.25, 0.3) is 0 Å². The number of methoxy groups -OCH3 is 3. The van der Waals surface area contributed by atoms with Crippen molar-refractivity contribution in [1.82, 2.24) is 0 Å². The summed E-state index contributed by atoms with van der Waals surface area (Å²) < 4.78 is 31.4. The Labute approximate surface area is 227 Å². The van der Waals surface area contributed by atoms with Crippen molar-refractivity contribution < 1.29 is 23.4 Å². The highest BCUT2D eigenvalue weighted by atomic mass is 28.4. The fourth-order valence-corrected chi connectivity index (χ4v) is 8.87. The Morgan fingerprint density at radius 3 is 2.03 bits per heavy atom. The van der Waals surface area contributed by atoms with Gasteiger partial charge >= 0.3 is 0 Å². The molecule has 0 unspecified atom stereocenters. The fraction of sp³-hybridized carbons (Fsp3) is 0.375. The lowest BCUT2D eigenvalue weighted by Crippen LogP contribution is -2.41. The standard InChI is InChI=1S/C32H38O5Si/c1-7-38(8-2,9-3)37-29-21-26-30-27(35-6)19-25(34-5)20-28(30)36-32(26,23-15-17-24(33-4)18-16-23)31(29)22-13-11-10-12-14-22/h10-21,26,31H,7-9H2,1-6H3/t26-,31+,32+/m0/s1. The number of hydrogen-bond acceptors (Lipinski definition) is 5. The predicted octanol–water partition coefficient (Wildman–Crippen LogP) is 7.79. The van der Waals surface area contributed by atoms with Gasteiger partial charge < -0.3 is 23.4 Å². The monoisotopic (exact) mass is 530 g/mol. The van der Waals surface area contributed by atoms with E-state index in [2.05, 4.69) is 69.3 Å². The number of hydrogen-bond donors (Lipinski definition) is 0. The molecule has 0 fully saturated rings. The van der Waals surface area contributed by atoms with Crippen LogP contribution in [0.4, 0.5) is 0 Å². The van der Waals surface area contributed by atoms with Crippen LogP contribution in [0.15, 0.2) is 78.6 Å². The van der Waals surface area contributed by atoms with Crippen LogP contribution in [-0.4, -0.2) is 29.6 Å². The molecular formula is C32H38O5Si. The molecule has 1 aliphatic heterocycles. The van der Waals surface area contributed by atoms with Crippen molar-refractivity contribution in [1.29, 1.82) is 0 Å². The zero-order valence-electron chi connectivity index (χ0n) is 23.2. The maximum atomic E-state index is 7.20. The van der Waals surface area contributed by atoms with Gasteiger partial charge in [0.15, 0.2) is 5.60 Å². The topological polar surface area (TPSA) is 46.2 Å². The highest BCUT2D eigenvalue weighted by Gasteiger charge is 2.62. The second kappa shape index (κ2) is 10.4. The van der Waals surface area contributed by atoms with Crippen LogP contribution >= 0.6 is 0 Å². The third kappa shape index (κ3) is 4.06. The van der Waals surface area contributed by atoms with Gasteiger partial charge in [0.2, 0.25) is 8.32 Å². The maximum absolute atomic E-state index is 7.20. The first kappa shape index (κ1) is 26.2. The molecule has 0 saturated carbocycles. The SMILES string of the molecule is CC[Si](CC)(CC)OC1=C[C@H]2c3c(OC)cc(OC)cc3O[C@@]2(c2ccc(OC)cc2)[C@@H]1c1ccccc1. The highest BCUT2D eigenvalue weighted by Crippen LogP contribution is 2.66. The summed E-state index contributed by atoms with van der Waals surface area (Å²) in [6.07, 6.45) is 2.31. The summed E-state index contributed by atoms with van der Waals surface area (Å²) in [7, 11) is 3.08. The maximum Gasteiger partial charge on any atom is 0.250 e. The number of ether oxygens (including phenoxy) is 4. The van der Waals surface area contributed by atoms with Crippen LogP contribution < -0.4 is 18.9 Å². The molecule has 0 bridgehead atoms. The van der Waals surface area contributed by atoms with Gasteiger partial charge in [0.1, 0.15) is 23.0 Å². The van der Waals surface area contributed by atoms with Gasteiger partial charge in [-0.3, -0.25) is 0 Å². The van der Waals surface area contributed by atoms with E-state index in [4.69, 9.17) is 23.4 Å². The molecule has 5 rings (SSSR count). The summed E-state index contributed by atoms with van der Waals surface area (Å²) in [5, 5.41) is 0. The lowest BCUT2D eigenvalue weighted by Gasteiger charge is -2.39. The Morgan fingerprint density at radius 1 is 0.789 bits per heavy atom. The van der Waals surface area contributed by atoms with Crippen LogP contribution in [-0.2, 0) is 10.0 Å². The molecule has 3 atom stereocenters. The van der Waals surface area contributed by atoms with Crippen molar-refractivity contribution in [3.05, 3.63) is 95.3 Å². The molecule has 0 saturated heterocycles. The van der Waals surface area contributed by atoms with E-state index in [-0.39, 0.29) is 11.8 Å². The van der Waals surface area contributed by atoms with E-state index >= 15 is 0 Å². The van der Waals surface area contributed by atoms with E-state index in [1.54, 1.807) is 21.3 Å². The molecule has 6 heteroatoms. The largest absolute Gasteiger partial charge is 0.546 e. The van der Waals surface area contributed by atoms with E-state index in [1.165, 1.54) is 5.56 Å². The zero-order valence-corrected chi connectivity index (χ0v) is 24.2. The molecule has 0 spiro atoms. The molecule has 2 aliphatic rings. The Kier molecular flexibility index (Phi) is 7.19. The Balaban J connectivity index is 1.78. The van der Waals surface area contributed by atoms with E-state index in [1.807, 2.05) is 24.3 Å². The molecule has 200 valence electrons. The van der Waals surface area contributed by atoms with E-state index in [0.29, 0.717) is 5.75 Å². The summed E-state index contributed by atoms with van der Waals surface area (Å²) in [5.41, 5.74) is 2.52. The van der Waals surface area contributed by atoms with Crippen LogP contribution in [0.1, 0.15) is 49.3 Å². The first-order chi connectivity index (χ1) is 18.5. The lowest BCUT2D eigenvalue weighted by molar-refractivity contribution is 0.0605.